The summed E-state index contributed by atoms with van der Waals surface area (Å²) in [5.74, 6) is -0.380. The van der Waals surface area contributed by atoms with Crippen LogP contribution in [-0.2, 0) is 10.2 Å². The number of aromatic hydroxyl groups is 1. The molecule has 1 aromatic rings. The van der Waals surface area contributed by atoms with E-state index in [2.05, 4.69) is 15.9 Å². The number of hydrogen-bond donors (Lipinski definition) is 1. The molecule has 1 saturated heterocycles. The highest BCUT2D eigenvalue weighted by Crippen LogP contribution is 2.24. The van der Waals surface area contributed by atoms with Gasteiger partial charge in [-0.3, -0.25) is 4.79 Å². The summed E-state index contributed by atoms with van der Waals surface area (Å²) in [6, 6.07) is 4.68. The SMILES string of the molecule is CCN(CC)S(=O)(=O)N1CCN(C(=O)c2cc(Br)ccc2O)CC1. The molecule has 7 nitrogen and oxygen atoms in total. The predicted octanol–water partition coefficient (Wildman–Crippen LogP) is 1.50. The topological polar surface area (TPSA) is 81.2 Å². The number of rotatable bonds is 5. The number of halogens is 1. The van der Waals surface area contributed by atoms with Crippen LogP contribution < -0.4 is 0 Å². The fourth-order valence-corrected chi connectivity index (χ4v) is 4.65. The largest absolute Gasteiger partial charge is 0.507 e. The molecule has 0 spiro atoms. The first-order valence-electron chi connectivity index (χ1n) is 7.84. The van der Waals surface area contributed by atoms with Gasteiger partial charge < -0.3 is 10.0 Å². The lowest BCUT2D eigenvalue weighted by Crippen LogP contribution is -2.54. The molecule has 1 amide bonds. The Morgan fingerprint density at radius 3 is 2.33 bits per heavy atom. The van der Waals surface area contributed by atoms with Crippen molar-refractivity contribution in [2.24, 2.45) is 0 Å². The highest BCUT2D eigenvalue weighted by molar-refractivity contribution is 9.10. The number of phenolic OH excluding ortho intramolecular Hbond substituents is 1. The maximum atomic E-state index is 12.5. The molecule has 1 aromatic carbocycles. The molecule has 1 N–H and O–H groups in total. The molecule has 134 valence electrons. The Bertz CT molecular complexity index is 699. The monoisotopic (exact) mass is 419 g/mol. The summed E-state index contributed by atoms with van der Waals surface area (Å²) < 4.78 is 28.5. The first-order valence-corrected chi connectivity index (χ1v) is 10.0. The van der Waals surface area contributed by atoms with E-state index in [9.17, 15) is 18.3 Å². The highest BCUT2D eigenvalue weighted by atomic mass is 79.9. The van der Waals surface area contributed by atoms with Gasteiger partial charge in [-0.15, -0.1) is 0 Å². The van der Waals surface area contributed by atoms with Gasteiger partial charge in [0.15, 0.2) is 0 Å². The number of carbonyl (C=O) groups is 1. The summed E-state index contributed by atoms with van der Waals surface area (Å²) in [5, 5.41) is 9.87. The molecule has 1 aliphatic rings. The van der Waals surface area contributed by atoms with Crippen LogP contribution in [0.2, 0.25) is 0 Å². The van der Waals surface area contributed by atoms with Crippen LogP contribution >= 0.6 is 15.9 Å². The van der Waals surface area contributed by atoms with Gasteiger partial charge in [-0.25, -0.2) is 0 Å². The Balaban J connectivity index is 2.07. The van der Waals surface area contributed by atoms with E-state index >= 15 is 0 Å². The zero-order chi connectivity index (χ0) is 17.9. The Kier molecular flexibility index (Phi) is 6.24. The van der Waals surface area contributed by atoms with Crippen LogP contribution in [0.3, 0.4) is 0 Å². The van der Waals surface area contributed by atoms with Crippen molar-refractivity contribution in [1.29, 1.82) is 0 Å². The average Bonchev–Trinajstić information content (AvgIpc) is 2.57. The standard InChI is InChI=1S/C15H22BrN3O4S/c1-3-18(4-2)24(22,23)19-9-7-17(8-10-19)15(21)13-11-12(16)5-6-14(13)20/h5-6,11,20H,3-4,7-10H2,1-2H3. The summed E-state index contributed by atoms with van der Waals surface area (Å²) in [4.78, 5) is 14.1. The second-order valence-corrected chi connectivity index (χ2v) is 8.29. The van der Waals surface area contributed by atoms with E-state index in [4.69, 9.17) is 0 Å². The van der Waals surface area contributed by atoms with Gasteiger partial charge in [-0.1, -0.05) is 29.8 Å². The molecule has 0 bridgehead atoms. The Hall–Kier alpha value is -1.16. The van der Waals surface area contributed by atoms with Crippen molar-refractivity contribution in [1.82, 2.24) is 13.5 Å². The van der Waals surface area contributed by atoms with Crippen LogP contribution in [0, 0.1) is 0 Å². The summed E-state index contributed by atoms with van der Waals surface area (Å²) >= 11 is 3.28. The van der Waals surface area contributed by atoms with Crippen molar-refractivity contribution in [2.75, 3.05) is 39.3 Å². The first kappa shape index (κ1) is 19.2. The Morgan fingerprint density at radius 1 is 1.21 bits per heavy atom. The molecule has 1 aliphatic heterocycles. The quantitative estimate of drug-likeness (QED) is 0.783. The fraction of sp³-hybridized carbons (Fsp3) is 0.533. The minimum Gasteiger partial charge on any atom is -0.507 e. The Labute approximate surface area is 151 Å². The fourth-order valence-electron chi connectivity index (χ4n) is 2.69. The summed E-state index contributed by atoms with van der Waals surface area (Å²) in [6.45, 7) is 5.54. The van der Waals surface area contributed by atoms with E-state index in [1.54, 1.807) is 30.9 Å². The summed E-state index contributed by atoms with van der Waals surface area (Å²) in [6.07, 6.45) is 0. The van der Waals surface area contributed by atoms with Crippen LogP contribution in [0.1, 0.15) is 24.2 Å². The molecule has 0 aromatic heterocycles. The van der Waals surface area contributed by atoms with E-state index < -0.39 is 10.2 Å². The number of carbonyl (C=O) groups excluding carboxylic acids is 1. The Morgan fingerprint density at radius 2 is 1.79 bits per heavy atom. The lowest BCUT2D eigenvalue weighted by molar-refractivity contribution is 0.0691. The lowest BCUT2D eigenvalue weighted by Gasteiger charge is -2.36. The highest BCUT2D eigenvalue weighted by Gasteiger charge is 2.32. The molecule has 0 saturated carbocycles. The van der Waals surface area contributed by atoms with Gasteiger partial charge in [0.05, 0.1) is 5.56 Å². The minimum absolute atomic E-state index is 0.0820. The van der Waals surface area contributed by atoms with Crippen LogP contribution in [0.15, 0.2) is 22.7 Å². The normalized spacial score (nSPS) is 16.6. The molecular formula is C15H22BrN3O4S. The maximum Gasteiger partial charge on any atom is 0.282 e. The van der Waals surface area contributed by atoms with Crippen molar-refractivity contribution in [3.05, 3.63) is 28.2 Å². The van der Waals surface area contributed by atoms with Crippen LogP contribution in [0.4, 0.5) is 0 Å². The van der Waals surface area contributed by atoms with Crippen molar-refractivity contribution in [3.8, 4) is 5.75 Å². The third-order valence-corrected chi connectivity index (χ3v) is 6.75. The van der Waals surface area contributed by atoms with Crippen LogP contribution in [0.5, 0.6) is 5.75 Å². The first-order chi connectivity index (χ1) is 11.3. The summed E-state index contributed by atoms with van der Waals surface area (Å²) in [7, 11) is -3.48. The van der Waals surface area contributed by atoms with E-state index in [1.807, 2.05) is 0 Å². The van der Waals surface area contributed by atoms with E-state index in [1.165, 1.54) is 14.7 Å². The van der Waals surface area contributed by atoms with E-state index in [0.29, 0.717) is 30.7 Å². The van der Waals surface area contributed by atoms with Gasteiger partial charge >= 0.3 is 0 Å². The molecule has 1 heterocycles. The molecule has 0 atom stereocenters. The number of piperazine rings is 1. The third-order valence-electron chi connectivity index (χ3n) is 4.07. The van der Waals surface area contributed by atoms with E-state index in [-0.39, 0.29) is 30.3 Å². The summed E-state index contributed by atoms with van der Waals surface area (Å²) in [5.41, 5.74) is 0.212. The molecular weight excluding hydrogens is 398 g/mol. The molecule has 0 aliphatic carbocycles. The maximum absolute atomic E-state index is 12.5. The minimum atomic E-state index is -3.48. The zero-order valence-corrected chi connectivity index (χ0v) is 16.2. The van der Waals surface area contributed by atoms with Crippen LogP contribution in [-0.4, -0.2) is 72.2 Å². The number of benzene rings is 1. The molecule has 0 radical (unpaired) electrons. The molecule has 2 rings (SSSR count). The van der Waals surface area contributed by atoms with Gasteiger partial charge in [0.2, 0.25) is 0 Å². The van der Waals surface area contributed by atoms with E-state index in [0.717, 1.165) is 0 Å². The number of amides is 1. The smallest absolute Gasteiger partial charge is 0.282 e. The van der Waals surface area contributed by atoms with Gasteiger partial charge in [-0.2, -0.15) is 17.0 Å². The number of phenols is 1. The van der Waals surface area contributed by atoms with Gasteiger partial charge in [-0.05, 0) is 18.2 Å². The van der Waals surface area contributed by atoms with Gasteiger partial charge in [0.25, 0.3) is 16.1 Å². The van der Waals surface area contributed by atoms with Crippen molar-refractivity contribution in [3.63, 3.8) is 0 Å². The zero-order valence-electron chi connectivity index (χ0n) is 13.8. The molecule has 1 fully saturated rings. The number of nitrogens with zero attached hydrogens (tertiary/aromatic N) is 3. The second kappa shape index (κ2) is 7.81. The predicted molar refractivity (Wildman–Crippen MR) is 95.1 cm³/mol. The van der Waals surface area contributed by atoms with Crippen molar-refractivity contribution < 1.29 is 18.3 Å². The van der Waals surface area contributed by atoms with Crippen LogP contribution in [0.25, 0.3) is 0 Å². The third kappa shape index (κ3) is 3.90. The van der Waals surface area contributed by atoms with Crippen molar-refractivity contribution >= 4 is 32.0 Å². The lowest BCUT2D eigenvalue weighted by atomic mass is 10.1. The van der Waals surface area contributed by atoms with Gasteiger partial charge in [0.1, 0.15) is 5.75 Å². The molecule has 0 unspecified atom stereocenters. The molecule has 24 heavy (non-hydrogen) atoms. The molecule has 9 heteroatoms. The average molecular weight is 420 g/mol. The number of hydrogen-bond acceptors (Lipinski definition) is 4. The van der Waals surface area contributed by atoms with Crippen molar-refractivity contribution in [2.45, 2.75) is 13.8 Å². The van der Waals surface area contributed by atoms with Gasteiger partial charge in [0, 0.05) is 43.7 Å². The second-order valence-electron chi connectivity index (χ2n) is 5.44.